The van der Waals surface area contributed by atoms with Crippen molar-refractivity contribution in [2.45, 2.75) is 13.8 Å². The number of ether oxygens (including phenoxy) is 3. The van der Waals surface area contributed by atoms with Crippen molar-refractivity contribution in [3.63, 3.8) is 0 Å². The Morgan fingerprint density at radius 1 is 0.926 bits per heavy atom. The van der Waals surface area contributed by atoms with Crippen LogP contribution in [0.2, 0.25) is 0 Å². The summed E-state index contributed by atoms with van der Waals surface area (Å²) in [5.41, 5.74) is 1.53. The molecule has 0 bridgehead atoms. The Kier molecular flexibility index (Phi) is 13.0. The largest absolute Gasteiger partial charge is 0.378 e. The topological polar surface area (TPSA) is 68.8 Å². The maximum atomic E-state index is 12.1. The van der Waals surface area contributed by atoms with Crippen molar-refractivity contribution in [1.82, 2.24) is 10.6 Å². The fourth-order valence-electron chi connectivity index (χ4n) is 1.99. The molecule has 27 heavy (non-hydrogen) atoms. The zero-order chi connectivity index (χ0) is 19.7. The van der Waals surface area contributed by atoms with E-state index in [2.05, 4.69) is 22.5 Å². The van der Waals surface area contributed by atoms with E-state index in [1.54, 1.807) is 12.1 Å². The molecule has 0 atom stereocenters. The van der Waals surface area contributed by atoms with Crippen molar-refractivity contribution in [3.05, 3.63) is 35.4 Å². The van der Waals surface area contributed by atoms with E-state index in [1.165, 1.54) is 0 Å². The Bertz CT molecular complexity index is 576. The van der Waals surface area contributed by atoms with E-state index in [0.717, 1.165) is 12.1 Å². The Morgan fingerprint density at radius 2 is 1.48 bits per heavy atom. The SMILES string of the molecule is CNCCOCCOCCOCCNC(=O)c1ccc(C#CC(C)C)cc1. The van der Waals surface area contributed by atoms with E-state index >= 15 is 0 Å². The molecule has 0 aliphatic heterocycles. The second kappa shape index (κ2) is 15.2. The van der Waals surface area contributed by atoms with Gasteiger partial charge in [0.25, 0.3) is 5.91 Å². The van der Waals surface area contributed by atoms with Crippen LogP contribution < -0.4 is 10.6 Å². The zero-order valence-electron chi connectivity index (χ0n) is 16.7. The van der Waals surface area contributed by atoms with Crippen LogP contribution >= 0.6 is 0 Å². The first-order valence-electron chi connectivity index (χ1n) is 9.41. The molecule has 0 saturated carbocycles. The van der Waals surface area contributed by atoms with Crippen LogP contribution in [0.5, 0.6) is 0 Å². The van der Waals surface area contributed by atoms with Crippen LogP contribution in [0.15, 0.2) is 24.3 Å². The van der Waals surface area contributed by atoms with Crippen molar-refractivity contribution >= 4 is 5.91 Å². The second-order valence-corrected chi connectivity index (χ2v) is 6.20. The summed E-state index contributed by atoms with van der Waals surface area (Å²) < 4.78 is 16.2. The quantitative estimate of drug-likeness (QED) is 0.405. The molecule has 0 radical (unpaired) electrons. The molecule has 1 aromatic carbocycles. The third-order valence-corrected chi connectivity index (χ3v) is 3.42. The highest BCUT2D eigenvalue weighted by Gasteiger charge is 2.04. The number of hydrogen-bond donors (Lipinski definition) is 2. The molecule has 150 valence electrons. The van der Waals surface area contributed by atoms with Crippen LogP contribution in [0.3, 0.4) is 0 Å². The highest BCUT2D eigenvalue weighted by atomic mass is 16.5. The van der Waals surface area contributed by atoms with Gasteiger partial charge in [-0.25, -0.2) is 0 Å². The van der Waals surface area contributed by atoms with E-state index in [1.807, 2.05) is 33.0 Å². The van der Waals surface area contributed by atoms with Gasteiger partial charge in [0.15, 0.2) is 0 Å². The smallest absolute Gasteiger partial charge is 0.251 e. The lowest BCUT2D eigenvalue weighted by atomic mass is 10.1. The Balaban J connectivity index is 2.05. The minimum absolute atomic E-state index is 0.114. The summed E-state index contributed by atoms with van der Waals surface area (Å²) in [5.74, 6) is 6.40. The molecule has 6 nitrogen and oxygen atoms in total. The molecular formula is C21H32N2O4. The van der Waals surface area contributed by atoms with Gasteiger partial charge in [-0.1, -0.05) is 25.7 Å². The molecule has 0 aliphatic carbocycles. The number of benzene rings is 1. The molecule has 0 aliphatic rings. The van der Waals surface area contributed by atoms with E-state index in [-0.39, 0.29) is 5.91 Å². The van der Waals surface area contributed by atoms with E-state index in [0.29, 0.717) is 57.7 Å². The minimum atomic E-state index is -0.114. The van der Waals surface area contributed by atoms with Crippen LogP contribution in [-0.4, -0.2) is 65.7 Å². The lowest BCUT2D eigenvalue weighted by Crippen LogP contribution is -2.27. The third kappa shape index (κ3) is 12.2. The average molecular weight is 376 g/mol. The van der Waals surface area contributed by atoms with E-state index in [4.69, 9.17) is 14.2 Å². The lowest BCUT2D eigenvalue weighted by molar-refractivity contribution is 0.0159. The predicted octanol–water partition coefficient (Wildman–Crippen LogP) is 1.69. The van der Waals surface area contributed by atoms with Gasteiger partial charge >= 0.3 is 0 Å². The van der Waals surface area contributed by atoms with Gasteiger partial charge in [0.2, 0.25) is 0 Å². The van der Waals surface area contributed by atoms with Crippen molar-refractivity contribution in [2.24, 2.45) is 5.92 Å². The number of hydrogen-bond acceptors (Lipinski definition) is 5. The van der Waals surface area contributed by atoms with Gasteiger partial charge in [0.1, 0.15) is 0 Å². The fourth-order valence-corrected chi connectivity index (χ4v) is 1.99. The molecule has 1 aromatic rings. The molecule has 0 spiro atoms. The van der Waals surface area contributed by atoms with Crippen molar-refractivity contribution < 1.29 is 19.0 Å². The number of rotatable bonds is 13. The highest BCUT2D eigenvalue weighted by molar-refractivity contribution is 5.94. The van der Waals surface area contributed by atoms with Crippen LogP contribution in [0.25, 0.3) is 0 Å². The summed E-state index contributed by atoms with van der Waals surface area (Å²) >= 11 is 0. The summed E-state index contributed by atoms with van der Waals surface area (Å²) in [4.78, 5) is 12.1. The van der Waals surface area contributed by atoms with Crippen LogP contribution in [0.4, 0.5) is 0 Å². The molecule has 2 N–H and O–H groups in total. The summed E-state index contributed by atoms with van der Waals surface area (Å²) in [7, 11) is 1.89. The molecule has 0 aromatic heterocycles. The van der Waals surface area contributed by atoms with Gasteiger partial charge in [-0.15, -0.1) is 0 Å². The Labute approximate surface area is 163 Å². The van der Waals surface area contributed by atoms with Crippen molar-refractivity contribution in [1.29, 1.82) is 0 Å². The predicted molar refractivity (Wildman–Crippen MR) is 107 cm³/mol. The first kappa shape index (κ1) is 23.1. The van der Waals surface area contributed by atoms with Gasteiger partial charge in [-0.2, -0.15) is 0 Å². The van der Waals surface area contributed by atoms with Crippen molar-refractivity contribution in [2.75, 3.05) is 59.8 Å². The van der Waals surface area contributed by atoms with Gasteiger partial charge < -0.3 is 24.8 Å². The third-order valence-electron chi connectivity index (χ3n) is 3.42. The van der Waals surface area contributed by atoms with Crippen LogP contribution in [0, 0.1) is 17.8 Å². The summed E-state index contributed by atoms with van der Waals surface area (Å²) in [6, 6.07) is 7.29. The Hall–Kier alpha value is -1.91. The summed E-state index contributed by atoms with van der Waals surface area (Å²) in [6.45, 7) is 8.68. The van der Waals surface area contributed by atoms with Crippen molar-refractivity contribution in [3.8, 4) is 11.8 Å². The maximum absolute atomic E-state index is 12.1. The minimum Gasteiger partial charge on any atom is -0.378 e. The molecule has 1 rings (SSSR count). The molecule has 0 saturated heterocycles. The number of likely N-dealkylation sites (N-methyl/N-ethyl adjacent to an activating group) is 1. The van der Waals surface area contributed by atoms with Gasteiger partial charge in [-0.05, 0) is 31.3 Å². The molecular weight excluding hydrogens is 344 g/mol. The number of amides is 1. The lowest BCUT2D eigenvalue weighted by Gasteiger charge is -2.08. The average Bonchev–Trinajstić information content (AvgIpc) is 2.67. The summed E-state index contributed by atoms with van der Waals surface area (Å²) in [5, 5.41) is 5.84. The summed E-state index contributed by atoms with van der Waals surface area (Å²) in [6.07, 6.45) is 0. The zero-order valence-corrected chi connectivity index (χ0v) is 16.7. The number of carbonyl (C=O) groups is 1. The monoisotopic (exact) mass is 376 g/mol. The molecule has 6 heteroatoms. The highest BCUT2D eigenvalue weighted by Crippen LogP contribution is 2.03. The fraction of sp³-hybridized carbons (Fsp3) is 0.571. The van der Waals surface area contributed by atoms with Crippen LogP contribution in [-0.2, 0) is 14.2 Å². The molecule has 0 heterocycles. The normalized spacial score (nSPS) is 10.5. The van der Waals surface area contributed by atoms with Gasteiger partial charge in [-0.3, -0.25) is 4.79 Å². The number of nitrogens with one attached hydrogen (secondary N) is 2. The van der Waals surface area contributed by atoms with E-state index in [9.17, 15) is 4.79 Å². The first-order valence-corrected chi connectivity index (χ1v) is 9.41. The standard InChI is InChI=1S/C21H32N2O4/c1-18(2)4-5-19-6-8-20(9-7-19)21(24)23-11-13-26-15-17-27-16-14-25-12-10-22-3/h6-9,18,22H,10-17H2,1-3H3,(H,23,24). The second-order valence-electron chi connectivity index (χ2n) is 6.20. The molecule has 0 unspecified atom stereocenters. The van der Waals surface area contributed by atoms with Gasteiger partial charge in [0, 0.05) is 30.1 Å². The number of carbonyl (C=O) groups excluding carboxylic acids is 1. The van der Waals surface area contributed by atoms with E-state index < -0.39 is 0 Å². The molecule has 1 amide bonds. The Morgan fingerprint density at radius 3 is 2.04 bits per heavy atom. The molecule has 0 fully saturated rings. The van der Waals surface area contributed by atoms with Crippen LogP contribution in [0.1, 0.15) is 29.8 Å². The maximum Gasteiger partial charge on any atom is 0.251 e. The van der Waals surface area contributed by atoms with Gasteiger partial charge in [0.05, 0.1) is 39.6 Å². The first-order chi connectivity index (χ1) is 13.1.